The maximum atomic E-state index is 12.7. The number of aryl methyl sites for hydroxylation is 1. The second-order valence-corrected chi connectivity index (χ2v) is 6.89. The molecule has 0 saturated heterocycles. The summed E-state index contributed by atoms with van der Waals surface area (Å²) < 4.78 is 6.42. The SMILES string of the molecule is CCc1noc(C2(NC(=O)c3ccc(Br)cc3)CCCCC2)n1. The van der Waals surface area contributed by atoms with Crippen molar-refractivity contribution in [2.24, 2.45) is 0 Å². The van der Waals surface area contributed by atoms with Gasteiger partial charge in [0.1, 0.15) is 5.54 Å². The molecule has 122 valence electrons. The number of benzene rings is 1. The van der Waals surface area contributed by atoms with Crippen LogP contribution in [0.1, 0.15) is 61.1 Å². The second kappa shape index (κ2) is 6.83. The van der Waals surface area contributed by atoms with Gasteiger partial charge in [-0.15, -0.1) is 0 Å². The smallest absolute Gasteiger partial charge is 0.252 e. The lowest BCUT2D eigenvalue weighted by Gasteiger charge is -2.34. The topological polar surface area (TPSA) is 68.0 Å². The molecular formula is C17H20BrN3O2. The van der Waals surface area contributed by atoms with Gasteiger partial charge in [0.25, 0.3) is 11.8 Å². The lowest BCUT2D eigenvalue weighted by molar-refractivity contribution is 0.0824. The molecule has 1 fully saturated rings. The van der Waals surface area contributed by atoms with E-state index in [1.165, 1.54) is 6.42 Å². The molecule has 1 N–H and O–H groups in total. The summed E-state index contributed by atoms with van der Waals surface area (Å²) in [5, 5.41) is 7.17. The number of aromatic nitrogens is 2. The standard InChI is InChI=1S/C17H20BrN3O2/c1-2-14-19-16(23-21-14)17(10-4-3-5-11-17)20-15(22)12-6-8-13(18)9-7-12/h6-9H,2-5,10-11H2,1H3,(H,20,22). The van der Waals surface area contributed by atoms with Crippen LogP contribution >= 0.6 is 15.9 Å². The Labute approximate surface area is 144 Å². The van der Waals surface area contributed by atoms with Crippen LogP contribution in [0.5, 0.6) is 0 Å². The van der Waals surface area contributed by atoms with Gasteiger partial charge in [-0.25, -0.2) is 0 Å². The van der Waals surface area contributed by atoms with E-state index in [-0.39, 0.29) is 5.91 Å². The normalized spacial score (nSPS) is 17.0. The molecule has 0 radical (unpaired) electrons. The Bertz CT molecular complexity index is 675. The van der Waals surface area contributed by atoms with Crippen LogP contribution in [-0.2, 0) is 12.0 Å². The van der Waals surface area contributed by atoms with E-state index in [2.05, 4.69) is 31.4 Å². The first kappa shape index (κ1) is 16.2. The number of carbonyl (C=O) groups excluding carboxylic acids is 1. The first-order chi connectivity index (χ1) is 11.1. The lowest BCUT2D eigenvalue weighted by atomic mass is 9.81. The minimum absolute atomic E-state index is 0.101. The molecule has 1 aromatic heterocycles. The zero-order valence-electron chi connectivity index (χ0n) is 13.1. The summed E-state index contributed by atoms with van der Waals surface area (Å²) in [7, 11) is 0. The van der Waals surface area contributed by atoms with E-state index >= 15 is 0 Å². The van der Waals surface area contributed by atoms with Crippen molar-refractivity contribution < 1.29 is 9.32 Å². The largest absolute Gasteiger partial charge is 0.338 e. The molecule has 1 amide bonds. The van der Waals surface area contributed by atoms with E-state index in [4.69, 9.17) is 4.52 Å². The molecule has 0 spiro atoms. The van der Waals surface area contributed by atoms with Crippen LogP contribution in [0.25, 0.3) is 0 Å². The molecule has 3 rings (SSSR count). The van der Waals surface area contributed by atoms with E-state index < -0.39 is 5.54 Å². The highest BCUT2D eigenvalue weighted by molar-refractivity contribution is 9.10. The fourth-order valence-electron chi connectivity index (χ4n) is 3.03. The molecule has 1 heterocycles. The quantitative estimate of drug-likeness (QED) is 0.874. The van der Waals surface area contributed by atoms with E-state index in [1.807, 2.05) is 19.1 Å². The van der Waals surface area contributed by atoms with Crippen molar-refractivity contribution in [2.45, 2.75) is 51.0 Å². The predicted octanol–water partition coefficient (Wildman–Crippen LogP) is 3.98. The molecule has 23 heavy (non-hydrogen) atoms. The summed E-state index contributed by atoms with van der Waals surface area (Å²) in [4.78, 5) is 17.1. The van der Waals surface area contributed by atoms with Gasteiger partial charge in [0.05, 0.1) is 0 Å². The molecule has 5 nitrogen and oxygen atoms in total. The van der Waals surface area contributed by atoms with Crippen molar-refractivity contribution in [1.29, 1.82) is 0 Å². The van der Waals surface area contributed by atoms with Gasteiger partial charge in [-0.1, -0.05) is 47.3 Å². The van der Waals surface area contributed by atoms with Crippen molar-refractivity contribution in [3.63, 3.8) is 0 Å². The maximum Gasteiger partial charge on any atom is 0.252 e. The summed E-state index contributed by atoms with van der Waals surface area (Å²) >= 11 is 3.39. The third-order valence-corrected chi connectivity index (χ3v) is 4.89. The molecule has 1 aromatic carbocycles. The Morgan fingerprint density at radius 2 is 1.96 bits per heavy atom. The number of rotatable bonds is 4. The lowest BCUT2D eigenvalue weighted by Crippen LogP contribution is -2.47. The number of amides is 1. The minimum atomic E-state index is -0.539. The maximum absolute atomic E-state index is 12.7. The molecule has 0 bridgehead atoms. The first-order valence-electron chi connectivity index (χ1n) is 8.04. The van der Waals surface area contributed by atoms with E-state index in [0.29, 0.717) is 17.3 Å². The Morgan fingerprint density at radius 3 is 2.57 bits per heavy atom. The highest BCUT2D eigenvalue weighted by atomic mass is 79.9. The van der Waals surface area contributed by atoms with Gasteiger partial charge in [0, 0.05) is 16.5 Å². The first-order valence-corrected chi connectivity index (χ1v) is 8.83. The van der Waals surface area contributed by atoms with Crippen LogP contribution < -0.4 is 5.32 Å². The van der Waals surface area contributed by atoms with Crippen LogP contribution in [-0.4, -0.2) is 16.0 Å². The van der Waals surface area contributed by atoms with Crippen molar-refractivity contribution in [2.75, 3.05) is 0 Å². The zero-order chi connectivity index (χ0) is 16.3. The van der Waals surface area contributed by atoms with Crippen molar-refractivity contribution in [3.8, 4) is 0 Å². The van der Waals surface area contributed by atoms with Gasteiger partial charge in [-0.2, -0.15) is 4.98 Å². The second-order valence-electron chi connectivity index (χ2n) is 5.97. The van der Waals surface area contributed by atoms with Gasteiger partial charge >= 0.3 is 0 Å². The summed E-state index contributed by atoms with van der Waals surface area (Å²) in [5.41, 5.74) is 0.0939. The number of nitrogens with zero attached hydrogens (tertiary/aromatic N) is 2. The summed E-state index contributed by atoms with van der Waals surface area (Å²) in [5.74, 6) is 1.12. The number of carbonyl (C=O) groups is 1. The fraction of sp³-hybridized carbons (Fsp3) is 0.471. The van der Waals surface area contributed by atoms with Gasteiger partial charge in [0.2, 0.25) is 0 Å². The Hall–Kier alpha value is -1.69. The van der Waals surface area contributed by atoms with E-state index in [1.54, 1.807) is 12.1 Å². The third kappa shape index (κ3) is 3.47. The number of nitrogens with one attached hydrogen (secondary N) is 1. The molecule has 1 aliphatic carbocycles. The van der Waals surface area contributed by atoms with Crippen LogP contribution in [0.15, 0.2) is 33.3 Å². The third-order valence-electron chi connectivity index (χ3n) is 4.36. The number of hydrogen-bond acceptors (Lipinski definition) is 4. The molecule has 0 atom stereocenters. The number of halogens is 1. The van der Waals surface area contributed by atoms with Gasteiger partial charge in [-0.05, 0) is 37.1 Å². The van der Waals surface area contributed by atoms with Gasteiger partial charge < -0.3 is 9.84 Å². The molecule has 2 aromatic rings. The van der Waals surface area contributed by atoms with Gasteiger partial charge in [0.15, 0.2) is 5.82 Å². The molecular weight excluding hydrogens is 358 g/mol. The Kier molecular flexibility index (Phi) is 4.80. The zero-order valence-corrected chi connectivity index (χ0v) is 14.7. The summed E-state index contributed by atoms with van der Waals surface area (Å²) in [6.45, 7) is 1.99. The molecule has 1 saturated carbocycles. The molecule has 0 aliphatic heterocycles. The van der Waals surface area contributed by atoms with E-state index in [0.717, 1.165) is 36.6 Å². The predicted molar refractivity (Wildman–Crippen MR) is 90.0 cm³/mol. The summed E-state index contributed by atoms with van der Waals surface area (Å²) in [6, 6.07) is 7.34. The highest BCUT2D eigenvalue weighted by Gasteiger charge is 2.40. The highest BCUT2D eigenvalue weighted by Crippen LogP contribution is 2.36. The molecule has 1 aliphatic rings. The van der Waals surface area contributed by atoms with Gasteiger partial charge in [-0.3, -0.25) is 4.79 Å². The van der Waals surface area contributed by atoms with Crippen molar-refractivity contribution >= 4 is 21.8 Å². The average Bonchev–Trinajstić information content (AvgIpc) is 3.06. The van der Waals surface area contributed by atoms with Crippen LogP contribution in [0, 0.1) is 0 Å². The van der Waals surface area contributed by atoms with Crippen molar-refractivity contribution in [1.82, 2.24) is 15.5 Å². The average molecular weight is 378 g/mol. The summed E-state index contributed by atoms with van der Waals surface area (Å²) in [6.07, 6.45) is 5.65. The minimum Gasteiger partial charge on any atom is -0.338 e. The Morgan fingerprint density at radius 1 is 1.26 bits per heavy atom. The van der Waals surface area contributed by atoms with Crippen LogP contribution in [0.2, 0.25) is 0 Å². The fourth-order valence-corrected chi connectivity index (χ4v) is 3.29. The van der Waals surface area contributed by atoms with E-state index in [9.17, 15) is 4.79 Å². The Balaban J connectivity index is 1.86. The molecule has 0 unspecified atom stereocenters. The van der Waals surface area contributed by atoms with Crippen molar-refractivity contribution in [3.05, 3.63) is 46.0 Å². The van der Waals surface area contributed by atoms with Crippen LogP contribution in [0.4, 0.5) is 0 Å². The molecule has 6 heteroatoms. The number of hydrogen-bond donors (Lipinski definition) is 1. The van der Waals surface area contributed by atoms with Crippen LogP contribution in [0.3, 0.4) is 0 Å². The monoisotopic (exact) mass is 377 g/mol.